The molecule has 0 bridgehead atoms. The number of anilines is 3. The molecular weight excluding hydrogens is 606 g/mol. The van der Waals surface area contributed by atoms with Gasteiger partial charge in [0.2, 0.25) is 17.8 Å². The van der Waals surface area contributed by atoms with E-state index in [9.17, 15) is 10.1 Å². The molecule has 1 unspecified atom stereocenters. The van der Waals surface area contributed by atoms with Gasteiger partial charge in [0, 0.05) is 74.6 Å². The molecule has 2 fully saturated rings. The predicted molar refractivity (Wildman–Crippen MR) is 182 cm³/mol. The number of hydrazine groups is 1. The molecule has 248 valence electrons. The Bertz CT molecular complexity index is 1690. The number of rotatable bonds is 10. The first-order valence-corrected chi connectivity index (χ1v) is 16.6. The Kier molecular flexibility index (Phi) is 10.6. The number of piperidine rings is 1. The number of aryl methyl sites for hydroxylation is 1. The topological polar surface area (TPSA) is 149 Å². The van der Waals surface area contributed by atoms with Crippen LogP contribution in [-0.2, 0) is 11.2 Å². The van der Waals surface area contributed by atoms with E-state index < -0.39 is 0 Å². The summed E-state index contributed by atoms with van der Waals surface area (Å²) in [6, 6.07) is 12.5. The molecule has 2 aliphatic heterocycles. The number of hydrogen-bond donors (Lipinski definition) is 1. The lowest BCUT2D eigenvalue weighted by Gasteiger charge is -2.37. The fourth-order valence-corrected chi connectivity index (χ4v) is 6.26. The number of methoxy groups -OCH3 is 1. The average molecular weight is 648 g/mol. The number of carbonyl (C=O) groups excluding carboxylic acids is 1. The van der Waals surface area contributed by atoms with Gasteiger partial charge in [0.25, 0.3) is 0 Å². The third-order valence-corrected chi connectivity index (χ3v) is 9.03. The van der Waals surface area contributed by atoms with Crippen LogP contribution < -0.4 is 20.0 Å². The molecular formula is C35H41N11O2. The van der Waals surface area contributed by atoms with Crippen molar-refractivity contribution in [2.45, 2.75) is 57.9 Å². The molecule has 0 radical (unpaired) electrons. The minimum atomic E-state index is -0.0852. The first-order chi connectivity index (χ1) is 23.5. The van der Waals surface area contributed by atoms with Gasteiger partial charge in [-0.2, -0.15) is 10.2 Å². The van der Waals surface area contributed by atoms with Crippen LogP contribution in [0.4, 0.5) is 17.7 Å². The molecule has 0 saturated carbocycles. The molecule has 6 rings (SSSR count). The summed E-state index contributed by atoms with van der Waals surface area (Å²) in [4.78, 5) is 44.7. The molecule has 4 aromatic rings. The monoisotopic (exact) mass is 647 g/mol. The summed E-state index contributed by atoms with van der Waals surface area (Å²) in [7, 11) is 1.52. The van der Waals surface area contributed by atoms with E-state index in [0.717, 1.165) is 42.6 Å². The van der Waals surface area contributed by atoms with Crippen molar-refractivity contribution in [2.24, 2.45) is 5.92 Å². The minimum absolute atomic E-state index is 0.0161. The lowest BCUT2D eigenvalue weighted by atomic mass is 10.0. The molecule has 2 aliphatic rings. The predicted octanol–water partition coefficient (Wildman–Crippen LogP) is 4.69. The third-order valence-electron chi connectivity index (χ3n) is 9.03. The van der Waals surface area contributed by atoms with Gasteiger partial charge < -0.3 is 9.64 Å². The van der Waals surface area contributed by atoms with Crippen LogP contribution in [0, 0.1) is 17.2 Å². The number of amides is 1. The van der Waals surface area contributed by atoms with Crippen LogP contribution in [0.15, 0.2) is 61.3 Å². The number of nitriles is 1. The Balaban J connectivity index is 1.15. The van der Waals surface area contributed by atoms with E-state index in [1.165, 1.54) is 13.5 Å². The van der Waals surface area contributed by atoms with E-state index in [-0.39, 0.29) is 18.0 Å². The lowest BCUT2D eigenvalue weighted by Crippen LogP contribution is -2.49. The summed E-state index contributed by atoms with van der Waals surface area (Å²) >= 11 is 0. The van der Waals surface area contributed by atoms with Gasteiger partial charge in [0.15, 0.2) is 5.82 Å². The lowest BCUT2D eigenvalue weighted by molar-refractivity contribution is -0.119. The van der Waals surface area contributed by atoms with Gasteiger partial charge in [0.05, 0.1) is 13.3 Å². The highest BCUT2D eigenvalue weighted by molar-refractivity contribution is 5.92. The molecule has 13 heteroatoms. The zero-order valence-corrected chi connectivity index (χ0v) is 27.5. The maximum Gasteiger partial charge on any atom is 0.316 e. The van der Waals surface area contributed by atoms with Gasteiger partial charge in [-0.15, -0.1) is 0 Å². The summed E-state index contributed by atoms with van der Waals surface area (Å²) in [5.74, 6) is 2.19. The molecule has 1 atom stereocenters. The second kappa shape index (κ2) is 15.6. The summed E-state index contributed by atoms with van der Waals surface area (Å²) in [6.07, 6.45) is 14.0. The number of benzene rings is 1. The van der Waals surface area contributed by atoms with Gasteiger partial charge in [-0.3, -0.25) is 15.1 Å². The standard InChI is InChI=1S/C35H41N11O2/c1-25-7-6-15-44(16-12-25)32-27(19-36)20-37-33(42-32)43-45-17-13-30(14-18-45)46(31(47)11-10-26-8-4-3-5-9-26)34-38-21-28(22-39-34)29-23-40-35(48-2)41-24-29/h3-5,8-9,20-25,30H,6-7,10-18H2,1-2H3,(H,37,42,43). The summed E-state index contributed by atoms with van der Waals surface area (Å²) in [5, 5.41) is 11.8. The fourth-order valence-electron chi connectivity index (χ4n) is 6.26. The molecule has 1 N–H and O–H groups in total. The number of aromatic nitrogens is 6. The molecule has 5 heterocycles. The molecule has 48 heavy (non-hydrogen) atoms. The highest BCUT2D eigenvalue weighted by Gasteiger charge is 2.31. The summed E-state index contributed by atoms with van der Waals surface area (Å²) in [6.45, 7) is 5.36. The minimum Gasteiger partial charge on any atom is -0.467 e. The Morgan fingerprint density at radius 3 is 2.33 bits per heavy atom. The van der Waals surface area contributed by atoms with Gasteiger partial charge in [-0.1, -0.05) is 37.3 Å². The van der Waals surface area contributed by atoms with Crippen LogP contribution in [0.2, 0.25) is 0 Å². The normalized spacial score (nSPS) is 17.3. The fraction of sp³-hybridized carbons (Fsp3) is 0.429. The largest absolute Gasteiger partial charge is 0.467 e. The first-order valence-electron chi connectivity index (χ1n) is 16.6. The van der Waals surface area contributed by atoms with Gasteiger partial charge in [0.1, 0.15) is 11.6 Å². The zero-order chi connectivity index (χ0) is 33.3. The molecule has 13 nitrogen and oxygen atoms in total. The van der Waals surface area contributed by atoms with Crippen molar-refractivity contribution in [1.82, 2.24) is 34.9 Å². The van der Waals surface area contributed by atoms with Crippen molar-refractivity contribution in [1.29, 1.82) is 5.26 Å². The number of hydrogen-bond acceptors (Lipinski definition) is 12. The number of nitrogens with one attached hydrogen (secondary N) is 1. The highest BCUT2D eigenvalue weighted by Crippen LogP contribution is 2.27. The van der Waals surface area contributed by atoms with Crippen molar-refractivity contribution in [3.8, 4) is 23.2 Å². The third kappa shape index (κ3) is 8.01. The quantitative estimate of drug-likeness (QED) is 0.255. The van der Waals surface area contributed by atoms with Crippen LogP contribution >= 0.6 is 0 Å². The second-order valence-corrected chi connectivity index (χ2v) is 12.4. The van der Waals surface area contributed by atoms with E-state index >= 15 is 0 Å². The molecule has 1 amide bonds. The Morgan fingerprint density at radius 2 is 1.65 bits per heavy atom. The Morgan fingerprint density at radius 1 is 0.938 bits per heavy atom. The van der Waals surface area contributed by atoms with Crippen molar-refractivity contribution in [2.75, 3.05) is 48.5 Å². The van der Waals surface area contributed by atoms with Gasteiger partial charge in [-0.05, 0) is 50.0 Å². The van der Waals surface area contributed by atoms with Crippen molar-refractivity contribution in [3.63, 3.8) is 0 Å². The second-order valence-electron chi connectivity index (χ2n) is 12.4. The molecule has 1 aromatic carbocycles. The molecule has 0 spiro atoms. The SMILES string of the molecule is COc1ncc(-c2cnc(N(C(=O)CCc3ccccc3)C3CCN(Nc4ncc(C#N)c(N5CCCC(C)CC5)n4)CC3)nc2)cn1. The van der Waals surface area contributed by atoms with Crippen LogP contribution in [0.1, 0.15) is 56.6 Å². The van der Waals surface area contributed by atoms with E-state index in [0.29, 0.717) is 68.0 Å². The van der Waals surface area contributed by atoms with Gasteiger partial charge >= 0.3 is 6.01 Å². The van der Waals surface area contributed by atoms with Crippen LogP contribution in [0.5, 0.6) is 6.01 Å². The zero-order valence-electron chi connectivity index (χ0n) is 27.5. The van der Waals surface area contributed by atoms with Crippen molar-refractivity contribution < 1.29 is 9.53 Å². The number of nitrogens with zero attached hydrogens (tertiary/aromatic N) is 10. The van der Waals surface area contributed by atoms with Crippen LogP contribution in [0.25, 0.3) is 11.1 Å². The Hall–Kier alpha value is -5.22. The van der Waals surface area contributed by atoms with Crippen LogP contribution in [-0.4, -0.2) is 80.2 Å². The summed E-state index contributed by atoms with van der Waals surface area (Å²) in [5.41, 5.74) is 6.46. The first kappa shape index (κ1) is 32.7. The Labute approximate surface area is 281 Å². The molecule has 2 saturated heterocycles. The van der Waals surface area contributed by atoms with Gasteiger partial charge in [-0.25, -0.2) is 29.9 Å². The van der Waals surface area contributed by atoms with E-state index in [1.54, 1.807) is 35.9 Å². The van der Waals surface area contributed by atoms with E-state index in [1.807, 2.05) is 30.3 Å². The molecule has 0 aliphatic carbocycles. The number of carbonyl (C=O) groups is 1. The maximum atomic E-state index is 13.8. The van der Waals surface area contributed by atoms with Crippen LogP contribution in [0.3, 0.4) is 0 Å². The molecule has 3 aromatic heterocycles. The maximum absolute atomic E-state index is 13.8. The summed E-state index contributed by atoms with van der Waals surface area (Å²) < 4.78 is 5.07. The van der Waals surface area contributed by atoms with Crippen molar-refractivity contribution >= 4 is 23.6 Å². The average Bonchev–Trinajstić information content (AvgIpc) is 3.36. The highest BCUT2D eigenvalue weighted by atomic mass is 16.5. The smallest absolute Gasteiger partial charge is 0.316 e. The number of ether oxygens (including phenoxy) is 1. The van der Waals surface area contributed by atoms with Crippen molar-refractivity contribution in [3.05, 3.63) is 72.4 Å². The van der Waals surface area contributed by atoms with E-state index in [4.69, 9.17) is 9.72 Å². The van der Waals surface area contributed by atoms with E-state index in [2.05, 4.69) is 53.2 Å².